The van der Waals surface area contributed by atoms with Crippen molar-refractivity contribution in [2.24, 2.45) is 0 Å². The largest absolute Gasteiger partial charge is 0.550 e. The van der Waals surface area contributed by atoms with Gasteiger partial charge in [-0.2, -0.15) is 0 Å². The highest BCUT2D eigenvalue weighted by atomic mass is 16.4. The number of carboxylic acid groups (broad SMARTS) is 1. The van der Waals surface area contributed by atoms with Crippen LogP contribution in [0, 0.1) is 0 Å². The van der Waals surface area contributed by atoms with Crippen LogP contribution in [0.1, 0.15) is 25.3 Å². The number of phenolic OH excluding ortho intramolecular Hbond substituents is 1. The third-order valence-corrected chi connectivity index (χ3v) is 2.10. The van der Waals surface area contributed by atoms with E-state index < -0.39 is 5.97 Å². The van der Waals surface area contributed by atoms with E-state index in [4.69, 9.17) is 0 Å². The van der Waals surface area contributed by atoms with Gasteiger partial charge in [0.1, 0.15) is 5.75 Å². The van der Waals surface area contributed by atoms with Gasteiger partial charge in [0.05, 0.1) is 0 Å². The van der Waals surface area contributed by atoms with Crippen LogP contribution in [-0.4, -0.2) is 11.1 Å². The summed E-state index contributed by atoms with van der Waals surface area (Å²) in [5, 5.41) is 19.4. The van der Waals surface area contributed by atoms with Crippen LogP contribution in [0.15, 0.2) is 30.3 Å². The number of hydrogen-bond acceptors (Lipinski definition) is 3. The lowest BCUT2D eigenvalue weighted by Crippen LogP contribution is -2.21. The van der Waals surface area contributed by atoms with Crippen LogP contribution in [0.5, 0.6) is 5.75 Å². The van der Waals surface area contributed by atoms with Crippen molar-refractivity contribution in [2.75, 3.05) is 0 Å². The van der Waals surface area contributed by atoms with Gasteiger partial charge in [0, 0.05) is 5.97 Å². The highest BCUT2D eigenvalue weighted by Gasteiger charge is 1.96. The zero-order chi connectivity index (χ0) is 11.3. The molecule has 3 nitrogen and oxygen atoms in total. The molecule has 0 saturated heterocycles. The fraction of sp³-hybridized carbons (Fsp3) is 0.250. The molecule has 0 aliphatic carbocycles. The normalized spacial score (nSPS) is 11.4. The van der Waals surface area contributed by atoms with Gasteiger partial charge in [-0.05, 0) is 43.0 Å². The fourth-order valence-electron chi connectivity index (χ4n) is 1.28. The van der Waals surface area contributed by atoms with Crippen LogP contribution in [0.2, 0.25) is 0 Å². The predicted molar refractivity (Wildman–Crippen MR) is 56.0 cm³/mol. The van der Waals surface area contributed by atoms with Gasteiger partial charge in [0.2, 0.25) is 0 Å². The lowest BCUT2D eigenvalue weighted by atomic mass is 10.1. The highest BCUT2D eigenvalue weighted by Crippen LogP contribution is 2.19. The first-order valence-electron chi connectivity index (χ1n) is 4.75. The summed E-state index contributed by atoms with van der Waals surface area (Å²) in [4.78, 5) is 10.2. The van der Waals surface area contributed by atoms with E-state index >= 15 is 0 Å². The number of allylic oxidation sites excluding steroid dienone is 2. The molecular weight excluding hydrogens is 192 g/mol. The third-order valence-electron chi connectivity index (χ3n) is 2.10. The second-order valence-corrected chi connectivity index (χ2v) is 3.35. The Morgan fingerprint density at radius 1 is 1.53 bits per heavy atom. The minimum absolute atomic E-state index is 0.0240. The maximum absolute atomic E-state index is 10.2. The van der Waals surface area contributed by atoms with Crippen LogP contribution < -0.4 is 5.11 Å². The van der Waals surface area contributed by atoms with Gasteiger partial charge >= 0.3 is 0 Å². The molecule has 1 aromatic rings. The molecule has 0 bridgehead atoms. The first-order valence-corrected chi connectivity index (χ1v) is 4.75. The summed E-state index contributed by atoms with van der Waals surface area (Å²) in [6.45, 7) is 1.88. The van der Waals surface area contributed by atoms with E-state index in [0.717, 1.165) is 11.1 Å². The van der Waals surface area contributed by atoms with Crippen molar-refractivity contribution in [1.29, 1.82) is 0 Å². The van der Waals surface area contributed by atoms with E-state index in [9.17, 15) is 15.0 Å². The molecule has 15 heavy (non-hydrogen) atoms. The van der Waals surface area contributed by atoms with Crippen LogP contribution in [0.25, 0.3) is 5.57 Å². The maximum Gasteiger partial charge on any atom is 0.116 e. The van der Waals surface area contributed by atoms with Crippen molar-refractivity contribution in [1.82, 2.24) is 0 Å². The molecule has 0 radical (unpaired) electrons. The Balaban J connectivity index is 2.67. The molecule has 1 N–H and O–H groups in total. The van der Waals surface area contributed by atoms with Gasteiger partial charge in [0.25, 0.3) is 0 Å². The van der Waals surface area contributed by atoms with Crippen LogP contribution in [0.3, 0.4) is 0 Å². The molecule has 80 valence electrons. The van der Waals surface area contributed by atoms with Gasteiger partial charge in [-0.15, -0.1) is 0 Å². The number of benzene rings is 1. The van der Waals surface area contributed by atoms with E-state index in [0.29, 0.717) is 6.42 Å². The summed E-state index contributed by atoms with van der Waals surface area (Å²) in [6, 6.07) is 6.86. The first-order chi connectivity index (χ1) is 7.09. The number of carbonyl (C=O) groups excluding carboxylic acids is 1. The summed E-state index contributed by atoms with van der Waals surface area (Å²) in [6.07, 6.45) is 2.30. The van der Waals surface area contributed by atoms with E-state index in [1.807, 2.05) is 19.1 Å². The summed E-state index contributed by atoms with van der Waals surface area (Å²) in [5.74, 6) is -0.838. The number of carbonyl (C=O) groups is 1. The third kappa shape index (κ3) is 3.85. The Labute approximate surface area is 88.7 Å². The minimum atomic E-state index is -1.05. The average molecular weight is 205 g/mol. The van der Waals surface area contributed by atoms with Crippen molar-refractivity contribution in [3.05, 3.63) is 35.9 Å². The zero-order valence-corrected chi connectivity index (χ0v) is 8.56. The smallest absolute Gasteiger partial charge is 0.116 e. The number of rotatable bonds is 4. The monoisotopic (exact) mass is 205 g/mol. The van der Waals surface area contributed by atoms with Gasteiger partial charge in [0.15, 0.2) is 0 Å². The Hall–Kier alpha value is -1.77. The minimum Gasteiger partial charge on any atom is -0.550 e. The molecule has 0 spiro atoms. The van der Waals surface area contributed by atoms with Crippen molar-refractivity contribution >= 4 is 11.5 Å². The Bertz CT molecular complexity index is 380. The van der Waals surface area contributed by atoms with Crippen molar-refractivity contribution in [3.8, 4) is 5.75 Å². The lowest BCUT2D eigenvalue weighted by molar-refractivity contribution is -0.305. The zero-order valence-electron chi connectivity index (χ0n) is 8.56. The highest BCUT2D eigenvalue weighted by molar-refractivity contribution is 5.67. The van der Waals surface area contributed by atoms with Crippen LogP contribution >= 0.6 is 0 Å². The summed E-state index contributed by atoms with van der Waals surface area (Å²) < 4.78 is 0. The number of carboxylic acids is 1. The molecule has 0 amide bonds. The molecule has 0 aliphatic heterocycles. The second kappa shape index (κ2) is 5.20. The molecule has 0 atom stereocenters. The fourth-order valence-corrected chi connectivity index (χ4v) is 1.28. The van der Waals surface area contributed by atoms with Crippen LogP contribution in [-0.2, 0) is 4.79 Å². The van der Waals surface area contributed by atoms with E-state index in [1.54, 1.807) is 18.2 Å². The van der Waals surface area contributed by atoms with E-state index in [-0.39, 0.29) is 12.2 Å². The second-order valence-electron chi connectivity index (χ2n) is 3.35. The standard InChI is InChI=1S/C12H14O3/c1-9(4-2-7-12(14)15)10-5-3-6-11(13)8-10/h3-6,8,13H,2,7H2,1H3,(H,14,15)/p-1/b9-4-. The number of hydrogen-bond donors (Lipinski definition) is 1. The van der Waals surface area contributed by atoms with Crippen molar-refractivity contribution in [2.45, 2.75) is 19.8 Å². The molecule has 0 fully saturated rings. The Kier molecular flexibility index (Phi) is 3.92. The topological polar surface area (TPSA) is 60.4 Å². The Morgan fingerprint density at radius 2 is 2.27 bits per heavy atom. The molecule has 1 aromatic carbocycles. The molecule has 3 heteroatoms. The van der Waals surface area contributed by atoms with E-state index in [1.165, 1.54) is 0 Å². The van der Waals surface area contributed by atoms with Gasteiger partial charge in [-0.25, -0.2) is 0 Å². The summed E-state index contributed by atoms with van der Waals surface area (Å²) >= 11 is 0. The molecule has 0 saturated carbocycles. The van der Waals surface area contributed by atoms with Crippen molar-refractivity contribution < 1.29 is 15.0 Å². The summed E-state index contributed by atoms with van der Waals surface area (Å²) in [7, 11) is 0. The molecule has 0 aliphatic rings. The number of phenols is 1. The quantitative estimate of drug-likeness (QED) is 0.806. The lowest BCUT2D eigenvalue weighted by Gasteiger charge is -2.03. The van der Waals surface area contributed by atoms with Gasteiger partial charge in [-0.3, -0.25) is 0 Å². The van der Waals surface area contributed by atoms with Crippen molar-refractivity contribution in [3.63, 3.8) is 0 Å². The number of aromatic hydroxyl groups is 1. The SMILES string of the molecule is C/C(=C/CCC(=O)[O-])c1cccc(O)c1. The van der Waals surface area contributed by atoms with E-state index in [2.05, 4.69) is 0 Å². The predicted octanol–water partition coefficient (Wildman–Crippen LogP) is 1.33. The Morgan fingerprint density at radius 3 is 2.87 bits per heavy atom. The van der Waals surface area contributed by atoms with Crippen LogP contribution in [0.4, 0.5) is 0 Å². The molecule has 0 heterocycles. The molecular formula is C12H13O3-. The maximum atomic E-state index is 10.2. The first kappa shape index (κ1) is 11.3. The summed E-state index contributed by atoms with van der Waals surface area (Å²) in [5.41, 5.74) is 1.85. The number of aliphatic carboxylic acids is 1. The molecule has 0 unspecified atom stereocenters. The van der Waals surface area contributed by atoms with Gasteiger partial charge < -0.3 is 15.0 Å². The average Bonchev–Trinajstić information content (AvgIpc) is 2.17. The molecule has 0 aromatic heterocycles. The van der Waals surface area contributed by atoms with Gasteiger partial charge in [-0.1, -0.05) is 18.2 Å². The molecule has 1 rings (SSSR count).